The van der Waals surface area contributed by atoms with Crippen molar-refractivity contribution < 1.29 is 0 Å². The molecule has 1 heterocycles. The van der Waals surface area contributed by atoms with Crippen molar-refractivity contribution >= 4 is 42.8 Å². The molecule has 0 radical (unpaired) electrons. The zero-order chi connectivity index (χ0) is 6.91. The van der Waals surface area contributed by atoms with Gasteiger partial charge in [-0.15, -0.1) is 0 Å². The van der Waals surface area contributed by atoms with Gasteiger partial charge < -0.3 is 0 Å². The van der Waals surface area contributed by atoms with E-state index >= 15 is 0 Å². The molecule has 1 aromatic heterocycles. The van der Waals surface area contributed by atoms with Gasteiger partial charge in [0.15, 0.2) is 0 Å². The SMILES string of the molecule is C[Si](C)(C)c1cccs1.[LiH]. The Morgan fingerprint density at radius 2 is 1.90 bits per heavy atom. The molecular formula is C7H13LiSSi. The number of rotatable bonds is 1. The molecule has 0 fully saturated rings. The summed E-state index contributed by atoms with van der Waals surface area (Å²) in [5.74, 6) is 0. The van der Waals surface area contributed by atoms with Crippen molar-refractivity contribution in [3.8, 4) is 0 Å². The van der Waals surface area contributed by atoms with Gasteiger partial charge in [0.25, 0.3) is 0 Å². The van der Waals surface area contributed by atoms with Crippen LogP contribution in [0.3, 0.4) is 0 Å². The van der Waals surface area contributed by atoms with Crippen molar-refractivity contribution in [2.24, 2.45) is 0 Å². The molecule has 0 saturated carbocycles. The molecule has 0 aliphatic carbocycles. The molecule has 10 heavy (non-hydrogen) atoms. The molecule has 0 aromatic carbocycles. The van der Waals surface area contributed by atoms with Gasteiger partial charge in [0, 0.05) is 0 Å². The Morgan fingerprint density at radius 1 is 1.30 bits per heavy atom. The predicted octanol–water partition coefficient (Wildman–Crippen LogP) is 1.64. The van der Waals surface area contributed by atoms with Crippen molar-refractivity contribution in [3.63, 3.8) is 0 Å². The van der Waals surface area contributed by atoms with E-state index in [2.05, 4.69) is 37.2 Å². The summed E-state index contributed by atoms with van der Waals surface area (Å²) in [7, 11) is -0.963. The monoisotopic (exact) mass is 164 g/mol. The Morgan fingerprint density at radius 3 is 2.10 bits per heavy atom. The molecule has 0 aliphatic heterocycles. The van der Waals surface area contributed by atoms with Crippen molar-refractivity contribution in [1.82, 2.24) is 0 Å². The van der Waals surface area contributed by atoms with Crippen LogP contribution < -0.4 is 4.50 Å². The summed E-state index contributed by atoms with van der Waals surface area (Å²) in [6.07, 6.45) is 0. The first-order valence-corrected chi connectivity index (χ1v) is 7.52. The first kappa shape index (κ1) is 10.5. The predicted molar refractivity (Wildman–Crippen MR) is 54.4 cm³/mol. The van der Waals surface area contributed by atoms with Gasteiger partial charge in [-0.25, -0.2) is 0 Å². The molecule has 0 nitrogen and oxygen atoms in total. The van der Waals surface area contributed by atoms with E-state index in [0.29, 0.717) is 0 Å². The molecular weight excluding hydrogens is 151 g/mol. The van der Waals surface area contributed by atoms with Gasteiger partial charge >= 0.3 is 18.9 Å². The van der Waals surface area contributed by atoms with Crippen LogP contribution in [0.4, 0.5) is 0 Å². The van der Waals surface area contributed by atoms with Crippen LogP contribution in [-0.4, -0.2) is 26.9 Å². The maximum atomic E-state index is 2.37. The zero-order valence-corrected chi connectivity index (χ0v) is 7.96. The van der Waals surface area contributed by atoms with Crippen molar-refractivity contribution in [2.45, 2.75) is 19.6 Å². The molecule has 0 spiro atoms. The molecule has 0 amide bonds. The maximum absolute atomic E-state index is 2.37. The van der Waals surface area contributed by atoms with E-state index < -0.39 is 8.07 Å². The third kappa shape index (κ3) is 2.63. The van der Waals surface area contributed by atoms with Gasteiger partial charge in [0.1, 0.15) is 0 Å². The Hall–Kier alpha value is 0.514. The molecule has 0 unspecified atom stereocenters. The molecule has 3 heteroatoms. The van der Waals surface area contributed by atoms with E-state index in [1.807, 2.05) is 11.3 Å². The van der Waals surface area contributed by atoms with Gasteiger partial charge in [-0.3, -0.25) is 0 Å². The minimum atomic E-state index is -0.963. The fourth-order valence-corrected chi connectivity index (χ4v) is 3.38. The normalized spacial score (nSPS) is 10.7. The van der Waals surface area contributed by atoms with E-state index in [9.17, 15) is 0 Å². The fraction of sp³-hybridized carbons (Fsp3) is 0.429. The second-order valence-corrected chi connectivity index (χ2v) is 9.58. The molecule has 0 N–H and O–H groups in total. The van der Waals surface area contributed by atoms with Crippen LogP contribution in [0.1, 0.15) is 0 Å². The van der Waals surface area contributed by atoms with Gasteiger partial charge in [-0.1, -0.05) is 31.8 Å². The van der Waals surface area contributed by atoms with Gasteiger partial charge in [0.2, 0.25) is 0 Å². The first-order chi connectivity index (χ1) is 4.11. The van der Waals surface area contributed by atoms with Gasteiger partial charge in [0.05, 0.1) is 8.07 Å². The van der Waals surface area contributed by atoms with Crippen molar-refractivity contribution in [1.29, 1.82) is 0 Å². The fourth-order valence-electron chi connectivity index (χ4n) is 0.705. The van der Waals surface area contributed by atoms with Crippen LogP contribution in [0.25, 0.3) is 0 Å². The van der Waals surface area contributed by atoms with Crippen LogP contribution in [0.5, 0.6) is 0 Å². The Kier molecular flexibility index (Phi) is 3.97. The summed E-state index contributed by atoms with van der Waals surface area (Å²) < 4.78 is 1.60. The van der Waals surface area contributed by atoms with Crippen molar-refractivity contribution in [2.75, 3.05) is 0 Å². The van der Waals surface area contributed by atoms with Gasteiger partial charge in [-0.05, 0) is 9.88 Å². The second kappa shape index (κ2) is 3.78. The summed E-state index contributed by atoms with van der Waals surface area (Å²) in [5.41, 5.74) is 0. The third-order valence-corrected chi connectivity index (χ3v) is 5.78. The number of hydrogen-bond acceptors (Lipinski definition) is 1. The van der Waals surface area contributed by atoms with Crippen LogP contribution in [0.2, 0.25) is 19.6 Å². The molecule has 0 saturated heterocycles. The number of thiophene rings is 1. The van der Waals surface area contributed by atoms with E-state index in [1.54, 1.807) is 4.50 Å². The summed E-state index contributed by atoms with van der Waals surface area (Å²) >= 11 is 1.89. The first-order valence-electron chi connectivity index (χ1n) is 3.15. The van der Waals surface area contributed by atoms with Crippen LogP contribution in [0.15, 0.2) is 17.5 Å². The van der Waals surface area contributed by atoms with Crippen molar-refractivity contribution in [3.05, 3.63) is 17.5 Å². The molecule has 0 aliphatic rings. The topological polar surface area (TPSA) is 0 Å². The van der Waals surface area contributed by atoms with E-state index in [1.165, 1.54) is 0 Å². The molecule has 0 atom stereocenters. The quantitative estimate of drug-likeness (QED) is 0.554. The molecule has 1 aromatic rings. The van der Waals surface area contributed by atoms with E-state index in [4.69, 9.17) is 0 Å². The molecule has 0 bridgehead atoms. The second-order valence-electron chi connectivity index (χ2n) is 3.23. The van der Waals surface area contributed by atoms with Crippen LogP contribution in [0, 0.1) is 0 Å². The zero-order valence-electron chi connectivity index (χ0n) is 6.14. The van der Waals surface area contributed by atoms with E-state index in [-0.39, 0.29) is 18.9 Å². The average Bonchev–Trinajstić information content (AvgIpc) is 2.08. The Labute approximate surface area is 79.8 Å². The third-order valence-electron chi connectivity index (χ3n) is 1.26. The summed E-state index contributed by atoms with van der Waals surface area (Å²) in [5, 5.41) is 2.16. The Bertz CT molecular complexity index is 176. The standard InChI is InChI=1S/C7H12SSi.Li.H/c1-9(2,3)7-5-4-6-8-7;;/h4-6H,1-3H3;;. The number of hydrogen-bond donors (Lipinski definition) is 0. The van der Waals surface area contributed by atoms with Gasteiger partial charge in [-0.2, -0.15) is 11.3 Å². The average molecular weight is 164 g/mol. The minimum absolute atomic E-state index is 0. The summed E-state index contributed by atoms with van der Waals surface area (Å²) in [4.78, 5) is 0. The summed E-state index contributed by atoms with van der Waals surface area (Å²) in [6, 6.07) is 4.38. The van der Waals surface area contributed by atoms with Crippen LogP contribution in [-0.2, 0) is 0 Å². The molecule has 52 valence electrons. The Balaban J connectivity index is 0.000000810. The van der Waals surface area contributed by atoms with Crippen LogP contribution >= 0.6 is 11.3 Å². The molecule has 1 rings (SSSR count). The summed E-state index contributed by atoms with van der Waals surface area (Å²) in [6.45, 7) is 7.12. The van der Waals surface area contributed by atoms with E-state index in [0.717, 1.165) is 0 Å².